The molecule has 98 valence electrons. The average molecular weight is 265 g/mol. The highest BCUT2D eigenvalue weighted by molar-refractivity contribution is 6.05. The van der Waals surface area contributed by atoms with Crippen molar-refractivity contribution in [1.82, 2.24) is 4.98 Å². The van der Waals surface area contributed by atoms with Crippen LogP contribution in [0.2, 0.25) is 0 Å². The minimum atomic E-state index is -1.17. The van der Waals surface area contributed by atoms with Crippen LogP contribution in [-0.2, 0) is 0 Å². The number of carboxylic acid groups (broad SMARTS) is 1. The Balaban J connectivity index is 2.30. The standard InChI is InChI=1S/C16H11NO3/c18-14-9-17-13-7-6-11(10-4-2-1-3-5-10)8-12(13)15(14)16(19)20/h1-9,18H,(H,19,20). The largest absolute Gasteiger partial charge is 0.505 e. The lowest BCUT2D eigenvalue weighted by Crippen LogP contribution is -1.99. The molecule has 20 heavy (non-hydrogen) atoms. The van der Waals surface area contributed by atoms with Crippen molar-refractivity contribution in [2.75, 3.05) is 0 Å². The zero-order chi connectivity index (χ0) is 14.1. The Hall–Kier alpha value is -2.88. The fourth-order valence-electron chi connectivity index (χ4n) is 2.22. The molecule has 4 heteroatoms. The monoisotopic (exact) mass is 265 g/mol. The van der Waals surface area contributed by atoms with E-state index in [0.29, 0.717) is 10.9 Å². The van der Waals surface area contributed by atoms with Gasteiger partial charge in [0, 0.05) is 5.39 Å². The van der Waals surface area contributed by atoms with Gasteiger partial charge in [0.05, 0.1) is 11.7 Å². The predicted octanol–water partition coefficient (Wildman–Crippen LogP) is 3.31. The molecule has 3 rings (SSSR count). The molecule has 3 aromatic rings. The lowest BCUT2D eigenvalue weighted by molar-refractivity contribution is 0.0696. The third-order valence-electron chi connectivity index (χ3n) is 3.17. The summed E-state index contributed by atoms with van der Waals surface area (Å²) in [7, 11) is 0. The number of carbonyl (C=O) groups is 1. The highest BCUT2D eigenvalue weighted by atomic mass is 16.4. The zero-order valence-electron chi connectivity index (χ0n) is 10.4. The van der Waals surface area contributed by atoms with Crippen LogP contribution in [0, 0.1) is 0 Å². The minimum Gasteiger partial charge on any atom is -0.505 e. The van der Waals surface area contributed by atoms with Gasteiger partial charge in [0.15, 0.2) is 0 Å². The minimum absolute atomic E-state index is 0.118. The first-order valence-electron chi connectivity index (χ1n) is 6.07. The Kier molecular flexibility index (Phi) is 2.84. The lowest BCUT2D eigenvalue weighted by atomic mass is 10.0. The number of nitrogens with zero attached hydrogens (tertiary/aromatic N) is 1. The van der Waals surface area contributed by atoms with Crippen molar-refractivity contribution in [2.45, 2.75) is 0 Å². The zero-order valence-corrected chi connectivity index (χ0v) is 10.4. The third kappa shape index (κ3) is 1.97. The number of fused-ring (bicyclic) bond motifs is 1. The molecule has 0 fully saturated rings. The van der Waals surface area contributed by atoms with E-state index >= 15 is 0 Å². The number of aromatic hydroxyl groups is 1. The number of pyridine rings is 1. The van der Waals surface area contributed by atoms with E-state index in [1.165, 1.54) is 0 Å². The number of rotatable bonds is 2. The summed E-state index contributed by atoms with van der Waals surface area (Å²) >= 11 is 0. The van der Waals surface area contributed by atoms with Crippen LogP contribution < -0.4 is 0 Å². The van der Waals surface area contributed by atoms with Gasteiger partial charge >= 0.3 is 5.97 Å². The molecule has 2 N–H and O–H groups in total. The quantitative estimate of drug-likeness (QED) is 0.745. The summed E-state index contributed by atoms with van der Waals surface area (Å²) in [6.07, 6.45) is 1.16. The van der Waals surface area contributed by atoms with E-state index in [2.05, 4.69) is 4.98 Å². The first-order chi connectivity index (χ1) is 9.66. The first kappa shape index (κ1) is 12.2. The summed E-state index contributed by atoms with van der Waals surface area (Å²) in [5, 5.41) is 19.4. The molecule has 0 bridgehead atoms. The molecule has 0 amide bonds. The van der Waals surface area contributed by atoms with Gasteiger partial charge in [-0.15, -0.1) is 0 Å². The Morgan fingerprint density at radius 2 is 1.75 bits per heavy atom. The topological polar surface area (TPSA) is 70.4 Å². The van der Waals surface area contributed by atoms with Gasteiger partial charge in [-0.3, -0.25) is 4.98 Å². The summed E-state index contributed by atoms with van der Waals surface area (Å²) in [5.74, 6) is -1.49. The first-order valence-corrected chi connectivity index (χ1v) is 6.07. The Labute approximate surface area is 115 Å². The van der Waals surface area contributed by atoms with Crippen molar-refractivity contribution in [3.8, 4) is 16.9 Å². The molecule has 0 saturated carbocycles. The van der Waals surface area contributed by atoms with Crippen molar-refractivity contribution in [3.63, 3.8) is 0 Å². The summed E-state index contributed by atoms with van der Waals surface area (Å²) in [6.45, 7) is 0. The highest BCUT2D eigenvalue weighted by Crippen LogP contribution is 2.29. The Bertz CT molecular complexity index is 797. The van der Waals surface area contributed by atoms with E-state index in [1.54, 1.807) is 12.1 Å². The van der Waals surface area contributed by atoms with Gasteiger partial charge in [-0.05, 0) is 23.3 Å². The SMILES string of the molecule is O=C(O)c1c(O)cnc2ccc(-c3ccccc3)cc12. The maximum Gasteiger partial charge on any atom is 0.340 e. The van der Waals surface area contributed by atoms with Crippen LogP contribution in [0.5, 0.6) is 5.75 Å². The predicted molar refractivity (Wildman–Crippen MR) is 75.8 cm³/mol. The number of benzene rings is 2. The van der Waals surface area contributed by atoms with Crippen LogP contribution in [-0.4, -0.2) is 21.2 Å². The molecular weight excluding hydrogens is 254 g/mol. The van der Waals surface area contributed by atoms with Gasteiger partial charge in [-0.25, -0.2) is 4.79 Å². The number of hydrogen-bond donors (Lipinski definition) is 2. The summed E-state index contributed by atoms with van der Waals surface area (Å²) in [5.41, 5.74) is 2.29. The second-order valence-corrected chi connectivity index (χ2v) is 4.42. The Morgan fingerprint density at radius 3 is 2.45 bits per heavy atom. The third-order valence-corrected chi connectivity index (χ3v) is 3.17. The second-order valence-electron chi connectivity index (χ2n) is 4.42. The molecule has 0 aliphatic carbocycles. The van der Waals surface area contributed by atoms with Gasteiger partial charge < -0.3 is 10.2 Å². The van der Waals surface area contributed by atoms with E-state index < -0.39 is 5.97 Å². The molecule has 0 atom stereocenters. The number of carboxylic acids is 1. The molecule has 1 aromatic heterocycles. The molecule has 0 saturated heterocycles. The lowest BCUT2D eigenvalue weighted by Gasteiger charge is -2.07. The fourth-order valence-corrected chi connectivity index (χ4v) is 2.22. The number of aromatic nitrogens is 1. The van der Waals surface area contributed by atoms with Crippen molar-refractivity contribution >= 4 is 16.9 Å². The fraction of sp³-hybridized carbons (Fsp3) is 0. The molecule has 0 radical (unpaired) electrons. The van der Waals surface area contributed by atoms with Gasteiger partial charge in [0.25, 0.3) is 0 Å². The van der Waals surface area contributed by atoms with Crippen molar-refractivity contribution < 1.29 is 15.0 Å². The van der Waals surface area contributed by atoms with E-state index in [9.17, 15) is 15.0 Å². The molecule has 1 heterocycles. The van der Waals surface area contributed by atoms with E-state index in [0.717, 1.165) is 17.3 Å². The van der Waals surface area contributed by atoms with Crippen LogP contribution in [0.15, 0.2) is 54.7 Å². The maximum atomic E-state index is 11.3. The van der Waals surface area contributed by atoms with Crippen molar-refractivity contribution in [3.05, 3.63) is 60.3 Å². The summed E-state index contributed by atoms with van der Waals surface area (Å²) < 4.78 is 0. The molecule has 4 nitrogen and oxygen atoms in total. The molecule has 0 spiro atoms. The van der Waals surface area contributed by atoms with Crippen LogP contribution in [0.3, 0.4) is 0 Å². The number of hydrogen-bond acceptors (Lipinski definition) is 3. The van der Waals surface area contributed by atoms with E-state index in [-0.39, 0.29) is 11.3 Å². The van der Waals surface area contributed by atoms with Gasteiger partial charge in [-0.1, -0.05) is 36.4 Å². The van der Waals surface area contributed by atoms with Crippen molar-refractivity contribution in [1.29, 1.82) is 0 Å². The second kappa shape index (κ2) is 4.66. The maximum absolute atomic E-state index is 11.3. The summed E-state index contributed by atoms with van der Waals surface area (Å²) in [6, 6.07) is 15.0. The van der Waals surface area contributed by atoms with Crippen LogP contribution in [0.25, 0.3) is 22.0 Å². The smallest absolute Gasteiger partial charge is 0.340 e. The van der Waals surface area contributed by atoms with E-state index in [4.69, 9.17) is 0 Å². The molecule has 2 aromatic carbocycles. The van der Waals surface area contributed by atoms with E-state index in [1.807, 2.05) is 36.4 Å². The normalized spacial score (nSPS) is 10.6. The van der Waals surface area contributed by atoms with Crippen molar-refractivity contribution in [2.24, 2.45) is 0 Å². The van der Waals surface area contributed by atoms with Gasteiger partial charge in [-0.2, -0.15) is 0 Å². The van der Waals surface area contributed by atoms with Gasteiger partial charge in [0.2, 0.25) is 0 Å². The number of aromatic carboxylic acids is 1. The molecular formula is C16H11NO3. The Morgan fingerprint density at radius 1 is 1.00 bits per heavy atom. The van der Waals surface area contributed by atoms with Crippen LogP contribution in [0.1, 0.15) is 10.4 Å². The van der Waals surface area contributed by atoms with Crippen LogP contribution >= 0.6 is 0 Å². The summed E-state index contributed by atoms with van der Waals surface area (Å²) in [4.78, 5) is 15.3. The molecule has 0 aliphatic rings. The van der Waals surface area contributed by atoms with Crippen LogP contribution in [0.4, 0.5) is 0 Å². The highest BCUT2D eigenvalue weighted by Gasteiger charge is 2.15. The average Bonchev–Trinajstić information content (AvgIpc) is 2.47. The molecule has 0 aliphatic heterocycles. The van der Waals surface area contributed by atoms with Gasteiger partial charge in [0.1, 0.15) is 11.3 Å². The molecule has 0 unspecified atom stereocenters.